The molecule has 1 saturated heterocycles. The fraction of sp³-hybridized carbons (Fsp3) is 0.450. The highest BCUT2D eigenvalue weighted by Crippen LogP contribution is 2.46. The molecule has 3 heterocycles. The number of carbonyl (C=O) groups excluding carboxylic acids is 1. The van der Waals surface area contributed by atoms with Crippen LogP contribution in [0.5, 0.6) is 5.75 Å². The number of fused-ring (bicyclic) bond motifs is 2. The number of hydrogen-bond acceptors (Lipinski definition) is 7. The molecule has 0 amide bonds. The second-order valence-electron chi connectivity index (χ2n) is 6.83. The lowest BCUT2D eigenvalue weighted by Crippen LogP contribution is -2.47. The first-order valence-corrected chi connectivity index (χ1v) is 9.12. The molecule has 0 atom stereocenters. The van der Waals surface area contributed by atoms with Gasteiger partial charge in [-0.05, 0) is 30.9 Å². The zero-order valence-corrected chi connectivity index (χ0v) is 15.6. The molecular formula is C20H23N3O4. The molecule has 142 valence electrons. The molecule has 0 bridgehead atoms. The summed E-state index contributed by atoms with van der Waals surface area (Å²) >= 11 is 0. The van der Waals surface area contributed by atoms with Crippen molar-refractivity contribution < 1.29 is 19.0 Å². The molecule has 0 N–H and O–H groups in total. The van der Waals surface area contributed by atoms with Crippen LogP contribution in [0.4, 0.5) is 5.82 Å². The Hall–Kier alpha value is -2.67. The predicted octanol–water partition coefficient (Wildman–Crippen LogP) is 2.34. The number of rotatable bonds is 3. The normalized spacial score (nSPS) is 18.1. The number of benzene rings is 1. The summed E-state index contributed by atoms with van der Waals surface area (Å²) in [5, 5.41) is 0. The van der Waals surface area contributed by atoms with Gasteiger partial charge in [-0.1, -0.05) is 12.1 Å². The smallest absolute Gasteiger partial charge is 0.358 e. The van der Waals surface area contributed by atoms with E-state index in [-0.39, 0.29) is 11.3 Å². The van der Waals surface area contributed by atoms with Gasteiger partial charge in [0.25, 0.3) is 0 Å². The zero-order valence-electron chi connectivity index (χ0n) is 15.6. The zero-order chi connectivity index (χ0) is 18.9. The summed E-state index contributed by atoms with van der Waals surface area (Å²) in [6.45, 7) is 2.32. The Labute approximate surface area is 158 Å². The van der Waals surface area contributed by atoms with Crippen molar-refractivity contribution in [3.63, 3.8) is 0 Å². The molecule has 7 nitrogen and oxygen atoms in total. The van der Waals surface area contributed by atoms with E-state index in [0.29, 0.717) is 0 Å². The Morgan fingerprint density at radius 3 is 2.67 bits per heavy atom. The van der Waals surface area contributed by atoms with Crippen LogP contribution in [0, 0.1) is 0 Å². The molecule has 2 aliphatic heterocycles. The maximum atomic E-state index is 11.5. The topological polar surface area (TPSA) is 73.8 Å². The lowest BCUT2D eigenvalue weighted by atomic mass is 9.79. The minimum atomic E-state index is -0.481. The highest BCUT2D eigenvalue weighted by Gasteiger charge is 2.43. The Morgan fingerprint density at radius 2 is 2.00 bits per heavy atom. The number of nitrogens with zero attached hydrogens (tertiary/aromatic N) is 3. The Bertz CT molecular complexity index is 815. The van der Waals surface area contributed by atoms with Crippen LogP contribution >= 0.6 is 0 Å². The fourth-order valence-electron chi connectivity index (χ4n) is 4.09. The standard InChI is InChI=1S/C20H23N3O4/c1-25-16-5-3-4-14-6-11-27-20(18(14)16)7-9-23(10-8-20)17-13-21-15(12-22-17)19(24)26-2/h3-5,12-13H,6-11H2,1-2H3. The summed E-state index contributed by atoms with van der Waals surface area (Å²) in [5.74, 6) is 1.18. The van der Waals surface area contributed by atoms with Gasteiger partial charge < -0.3 is 19.1 Å². The number of methoxy groups -OCH3 is 2. The van der Waals surface area contributed by atoms with Gasteiger partial charge in [0.2, 0.25) is 0 Å². The largest absolute Gasteiger partial charge is 0.496 e. The number of anilines is 1. The van der Waals surface area contributed by atoms with Crippen LogP contribution in [-0.4, -0.2) is 49.9 Å². The van der Waals surface area contributed by atoms with Gasteiger partial charge in [0, 0.05) is 18.7 Å². The van der Waals surface area contributed by atoms with E-state index in [1.165, 1.54) is 24.4 Å². The molecule has 0 aliphatic carbocycles. The summed E-state index contributed by atoms with van der Waals surface area (Å²) < 4.78 is 16.6. The first-order chi connectivity index (χ1) is 13.2. The molecule has 2 aliphatic rings. The van der Waals surface area contributed by atoms with Crippen LogP contribution in [0.3, 0.4) is 0 Å². The van der Waals surface area contributed by atoms with E-state index >= 15 is 0 Å². The molecule has 2 aromatic rings. The van der Waals surface area contributed by atoms with Crippen molar-refractivity contribution in [2.24, 2.45) is 0 Å². The number of esters is 1. The van der Waals surface area contributed by atoms with E-state index in [4.69, 9.17) is 9.47 Å². The van der Waals surface area contributed by atoms with Gasteiger partial charge >= 0.3 is 5.97 Å². The Balaban J connectivity index is 1.54. The Kier molecular flexibility index (Phi) is 4.70. The van der Waals surface area contributed by atoms with Crippen LogP contribution in [0.1, 0.15) is 34.5 Å². The summed E-state index contributed by atoms with van der Waals surface area (Å²) in [6, 6.07) is 6.23. The van der Waals surface area contributed by atoms with Gasteiger partial charge in [0.05, 0.1) is 33.2 Å². The van der Waals surface area contributed by atoms with E-state index in [2.05, 4.69) is 25.7 Å². The van der Waals surface area contributed by atoms with Gasteiger partial charge in [-0.15, -0.1) is 0 Å². The average molecular weight is 369 g/mol. The lowest BCUT2D eigenvalue weighted by Gasteiger charge is -2.45. The molecule has 4 rings (SSSR count). The van der Waals surface area contributed by atoms with Gasteiger partial charge in [-0.2, -0.15) is 0 Å². The van der Waals surface area contributed by atoms with Crippen molar-refractivity contribution in [2.45, 2.75) is 24.9 Å². The molecular weight excluding hydrogens is 346 g/mol. The fourth-order valence-corrected chi connectivity index (χ4v) is 4.09. The third-order valence-corrected chi connectivity index (χ3v) is 5.47. The summed E-state index contributed by atoms with van der Waals surface area (Å²) in [4.78, 5) is 22.2. The van der Waals surface area contributed by atoms with E-state index in [1.54, 1.807) is 13.3 Å². The molecule has 27 heavy (non-hydrogen) atoms. The molecule has 7 heteroatoms. The van der Waals surface area contributed by atoms with E-state index in [1.807, 2.05) is 12.1 Å². The third kappa shape index (κ3) is 3.12. The predicted molar refractivity (Wildman–Crippen MR) is 99.1 cm³/mol. The van der Waals surface area contributed by atoms with Crippen molar-refractivity contribution in [1.29, 1.82) is 0 Å². The van der Waals surface area contributed by atoms with E-state index in [9.17, 15) is 4.79 Å². The van der Waals surface area contributed by atoms with E-state index < -0.39 is 5.97 Å². The van der Waals surface area contributed by atoms with Crippen molar-refractivity contribution >= 4 is 11.8 Å². The third-order valence-electron chi connectivity index (χ3n) is 5.47. The molecule has 1 spiro atoms. The highest BCUT2D eigenvalue weighted by atomic mass is 16.5. The van der Waals surface area contributed by atoms with E-state index in [0.717, 1.165) is 50.5 Å². The average Bonchev–Trinajstić information content (AvgIpc) is 2.73. The lowest BCUT2D eigenvalue weighted by molar-refractivity contribution is -0.0780. The second-order valence-corrected chi connectivity index (χ2v) is 6.83. The molecule has 0 saturated carbocycles. The summed E-state index contributed by atoms with van der Waals surface area (Å²) in [5.41, 5.74) is 2.42. The number of piperidine rings is 1. The highest BCUT2D eigenvalue weighted by molar-refractivity contribution is 5.86. The van der Waals surface area contributed by atoms with Gasteiger partial charge in [0.15, 0.2) is 5.69 Å². The van der Waals surface area contributed by atoms with Crippen LogP contribution < -0.4 is 9.64 Å². The van der Waals surface area contributed by atoms with Crippen LogP contribution in [0.25, 0.3) is 0 Å². The maximum absolute atomic E-state index is 11.5. The van der Waals surface area contributed by atoms with Crippen molar-refractivity contribution in [3.05, 3.63) is 47.4 Å². The monoisotopic (exact) mass is 369 g/mol. The van der Waals surface area contributed by atoms with Gasteiger partial charge in [-0.3, -0.25) is 0 Å². The molecule has 1 aromatic carbocycles. The SMILES string of the molecule is COC(=O)c1cnc(N2CCC3(CC2)OCCc2cccc(OC)c23)cn1. The minimum Gasteiger partial charge on any atom is -0.496 e. The van der Waals surface area contributed by atoms with Crippen molar-refractivity contribution in [3.8, 4) is 5.75 Å². The molecule has 1 aromatic heterocycles. The van der Waals surface area contributed by atoms with Crippen LogP contribution in [0.2, 0.25) is 0 Å². The maximum Gasteiger partial charge on any atom is 0.358 e. The number of carbonyl (C=O) groups is 1. The molecule has 1 fully saturated rings. The first kappa shape index (κ1) is 17.7. The number of ether oxygens (including phenoxy) is 3. The molecule has 0 radical (unpaired) electrons. The molecule has 0 unspecified atom stereocenters. The van der Waals surface area contributed by atoms with Crippen LogP contribution in [0.15, 0.2) is 30.6 Å². The quantitative estimate of drug-likeness (QED) is 0.769. The van der Waals surface area contributed by atoms with Gasteiger partial charge in [0.1, 0.15) is 17.2 Å². The summed E-state index contributed by atoms with van der Waals surface area (Å²) in [7, 11) is 3.05. The number of hydrogen-bond donors (Lipinski definition) is 0. The first-order valence-electron chi connectivity index (χ1n) is 9.12. The van der Waals surface area contributed by atoms with Crippen molar-refractivity contribution in [1.82, 2.24) is 9.97 Å². The summed E-state index contributed by atoms with van der Waals surface area (Å²) in [6.07, 6.45) is 5.70. The number of aromatic nitrogens is 2. The minimum absolute atomic E-state index is 0.212. The second kappa shape index (κ2) is 7.15. The van der Waals surface area contributed by atoms with Gasteiger partial charge in [-0.25, -0.2) is 14.8 Å². The van der Waals surface area contributed by atoms with Crippen LogP contribution in [-0.2, 0) is 21.5 Å². The van der Waals surface area contributed by atoms with Crippen molar-refractivity contribution in [2.75, 3.05) is 38.8 Å². The Morgan fingerprint density at radius 1 is 1.19 bits per heavy atom.